The van der Waals surface area contributed by atoms with Crippen LogP contribution in [0.5, 0.6) is 34.5 Å². The number of morpholine rings is 2. The van der Waals surface area contributed by atoms with E-state index in [1.165, 1.54) is 11.1 Å². The monoisotopic (exact) mass is 616 g/mol. The van der Waals surface area contributed by atoms with Crippen LogP contribution >= 0.6 is 0 Å². The quantitative estimate of drug-likeness (QED) is 0.258. The second-order valence-corrected chi connectivity index (χ2v) is 11.5. The number of ether oxygens (including phenoxy) is 8. The van der Waals surface area contributed by atoms with Crippen molar-refractivity contribution in [3.8, 4) is 34.5 Å². The fourth-order valence-corrected chi connectivity index (χ4v) is 6.51. The molecular formula is C34H52N2O8. The van der Waals surface area contributed by atoms with Gasteiger partial charge in [-0.05, 0) is 79.5 Å². The van der Waals surface area contributed by atoms with E-state index in [1.807, 2.05) is 0 Å². The minimum atomic E-state index is 0.361. The van der Waals surface area contributed by atoms with Crippen molar-refractivity contribution >= 4 is 0 Å². The van der Waals surface area contributed by atoms with Gasteiger partial charge in [0.1, 0.15) is 0 Å². The van der Waals surface area contributed by atoms with E-state index in [2.05, 4.69) is 34.1 Å². The topological polar surface area (TPSA) is 80.3 Å². The molecule has 2 aromatic carbocycles. The van der Waals surface area contributed by atoms with Gasteiger partial charge in [0, 0.05) is 32.7 Å². The van der Waals surface area contributed by atoms with Gasteiger partial charge in [0.05, 0.1) is 69.1 Å². The van der Waals surface area contributed by atoms with E-state index in [9.17, 15) is 0 Å². The standard InChI is InChI=1S/C34H52N2O8/c1-37-29-20-25(21-30(38-2)33(29)41-5)18-27(8-7-9-35-10-14-43-15-11-35)28(24-36-12-16-44-17-13-36)19-26-22-31(39-3)34(42-6)32(23-26)40-4/h20-23,27-28H,7-19,24H2,1-6H3/t27-,28+/m0/s1. The summed E-state index contributed by atoms with van der Waals surface area (Å²) < 4.78 is 45.4. The van der Waals surface area contributed by atoms with Crippen molar-refractivity contribution in [1.82, 2.24) is 9.80 Å². The summed E-state index contributed by atoms with van der Waals surface area (Å²) in [6.07, 6.45) is 3.97. The van der Waals surface area contributed by atoms with Gasteiger partial charge >= 0.3 is 0 Å². The second kappa shape index (κ2) is 17.5. The lowest BCUT2D eigenvalue weighted by Gasteiger charge is -2.35. The molecule has 0 saturated carbocycles. The molecule has 0 spiro atoms. The molecule has 2 fully saturated rings. The van der Waals surface area contributed by atoms with Crippen molar-refractivity contribution in [3.05, 3.63) is 35.4 Å². The lowest BCUT2D eigenvalue weighted by molar-refractivity contribution is 0.0236. The summed E-state index contributed by atoms with van der Waals surface area (Å²) >= 11 is 0. The second-order valence-electron chi connectivity index (χ2n) is 11.5. The van der Waals surface area contributed by atoms with E-state index in [0.29, 0.717) is 46.3 Å². The molecule has 0 aliphatic carbocycles. The Balaban J connectivity index is 1.67. The average Bonchev–Trinajstić information content (AvgIpc) is 3.07. The fourth-order valence-electron chi connectivity index (χ4n) is 6.51. The average molecular weight is 617 g/mol. The third kappa shape index (κ3) is 9.06. The molecule has 0 unspecified atom stereocenters. The van der Waals surface area contributed by atoms with Crippen LogP contribution in [0.25, 0.3) is 0 Å². The predicted octanol–water partition coefficient (Wildman–Crippen LogP) is 4.20. The molecule has 2 heterocycles. The van der Waals surface area contributed by atoms with E-state index in [0.717, 1.165) is 91.4 Å². The molecule has 0 N–H and O–H groups in total. The van der Waals surface area contributed by atoms with E-state index < -0.39 is 0 Å². The lowest BCUT2D eigenvalue weighted by Crippen LogP contribution is -2.42. The molecule has 0 radical (unpaired) electrons. The third-order valence-electron chi connectivity index (χ3n) is 8.86. The summed E-state index contributed by atoms with van der Waals surface area (Å²) in [7, 11) is 9.98. The Labute approximate surface area is 263 Å². The van der Waals surface area contributed by atoms with Crippen LogP contribution < -0.4 is 28.4 Å². The maximum absolute atomic E-state index is 5.73. The predicted molar refractivity (Wildman–Crippen MR) is 170 cm³/mol. The number of rotatable bonds is 17. The van der Waals surface area contributed by atoms with Crippen LogP contribution in [0, 0.1) is 11.8 Å². The summed E-state index contributed by atoms with van der Waals surface area (Å²) in [6.45, 7) is 9.10. The molecule has 0 aromatic heterocycles. The highest BCUT2D eigenvalue weighted by molar-refractivity contribution is 5.55. The van der Waals surface area contributed by atoms with Crippen molar-refractivity contribution in [3.63, 3.8) is 0 Å². The molecule has 4 rings (SSSR count). The van der Waals surface area contributed by atoms with Gasteiger partial charge in [-0.25, -0.2) is 0 Å². The SMILES string of the molecule is COc1cc(C[C@H](CN2CCOCC2)[C@@H](CCCN2CCOCC2)Cc2cc(OC)c(OC)c(OC)c2)cc(OC)c1OC. The highest BCUT2D eigenvalue weighted by Crippen LogP contribution is 2.41. The first-order valence-corrected chi connectivity index (χ1v) is 15.7. The Hall–Kier alpha value is -2.92. The first kappa shape index (κ1) is 34.0. The van der Waals surface area contributed by atoms with Gasteiger partial charge < -0.3 is 37.9 Å². The lowest BCUT2D eigenvalue weighted by atomic mass is 9.79. The minimum absolute atomic E-state index is 0.361. The zero-order valence-corrected chi connectivity index (χ0v) is 27.5. The maximum atomic E-state index is 5.73. The van der Waals surface area contributed by atoms with E-state index in [1.54, 1.807) is 42.7 Å². The molecule has 44 heavy (non-hydrogen) atoms. The van der Waals surface area contributed by atoms with E-state index in [-0.39, 0.29) is 0 Å². The minimum Gasteiger partial charge on any atom is -0.493 e. The number of nitrogens with zero attached hydrogens (tertiary/aromatic N) is 2. The normalized spacial score (nSPS) is 17.5. The van der Waals surface area contributed by atoms with Gasteiger partial charge in [0.15, 0.2) is 23.0 Å². The van der Waals surface area contributed by atoms with Crippen LogP contribution in [-0.2, 0) is 22.3 Å². The molecule has 2 aromatic rings. The van der Waals surface area contributed by atoms with Crippen LogP contribution in [0.15, 0.2) is 24.3 Å². The molecule has 0 bridgehead atoms. The van der Waals surface area contributed by atoms with Gasteiger partial charge in [-0.3, -0.25) is 9.80 Å². The summed E-state index contributed by atoms with van der Waals surface area (Å²) in [5, 5.41) is 0. The molecule has 10 heteroatoms. The Morgan fingerprint density at radius 2 is 0.977 bits per heavy atom. The molecule has 246 valence electrons. The Morgan fingerprint density at radius 1 is 0.568 bits per heavy atom. The van der Waals surface area contributed by atoms with Crippen LogP contribution in [0.2, 0.25) is 0 Å². The number of methoxy groups -OCH3 is 6. The summed E-state index contributed by atoms with van der Waals surface area (Å²) in [5.41, 5.74) is 2.34. The summed E-state index contributed by atoms with van der Waals surface area (Å²) in [5.74, 6) is 4.71. The highest BCUT2D eigenvalue weighted by Gasteiger charge is 2.28. The third-order valence-corrected chi connectivity index (χ3v) is 8.86. The van der Waals surface area contributed by atoms with Crippen LogP contribution in [-0.4, -0.2) is 118 Å². The molecular weight excluding hydrogens is 564 g/mol. The maximum Gasteiger partial charge on any atom is 0.203 e. The Kier molecular flexibility index (Phi) is 13.5. The molecule has 2 saturated heterocycles. The van der Waals surface area contributed by atoms with Crippen molar-refractivity contribution in [1.29, 1.82) is 0 Å². The zero-order chi connectivity index (χ0) is 31.3. The first-order valence-electron chi connectivity index (χ1n) is 15.7. The largest absolute Gasteiger partial charge is 0.493 e. The van der Waals surface area contributed by atoms with Gasteiger partial charge in [0.25, 0.3) is 0 Å². The van der Waals surface area contributed by atoms with E-state index in [4.69, 9.17) is 37.9 Å². The van der Waals surface area contributed by atoms with Gasteiger partial charge in [0.2, 0.25) is 11.5 Å². The van der Waals surface area contributed by atoms with E-state index >= 15 is 0 Å². The van der Waals surface area contributed by atoms with Gasteiger partial charge in [-0.1, -0.05) is 0 Å². The number of benzene rings is 2. The Bertz CT molecular complexity index is 1100. The summed E-state index contributed by atoms with van der Waals surface area (Å²) in [6, 6.07) is 8.39. The van der Waals surface area contributed by atoms with Crippen LogP contribution in [0.4, 0.5) is 0 Å². The molecule has 2 aliphatic heterocycles. The molecule has 2 aliphatic rings. The van der Waals surface area contributed by atoms with Crippen molar-refractivity contribution in [2.24, 2.45) is 11.8 Å². The fraction of sp³-hybridized carbons (Fsp3) is 0.647. The van der Waals surface area contributed by atoms with Crippen LogP contribution in [0.3, 0.4) is 0 Å². The van der Waals surface area contributed by atoms with Crippen molar-refractivity contribution in [2.45, 2.75) is 25.7 Å². The van der Waals surface area contributed by atoms with Crippen LogP contribution in [0.1, 0.15) is 24.0 Å². The number of hydrogen-bond donors (Lipinski definition) is 0. The number of hydrogen-bond acceptors (Lipinski definition) is 10. The van der Waals surface area contributed by atoms with Crippen molar-refractivity contribution in [2.75, 3.05) is 108 Å². The van der Waals surface area contributed by atoms with Gasteiger partial charge in [-0.2, -0.15) is 0 Å². The smallest absolute Gasteiger partial charge is 0.203 e. The molecule has 10 nitrogen and oxygen atoms in total. The molecule has 0 amide bonds. The first-order chi connectivity index (χ1) is 21.5. The van der Waals surface area contributed by atoms with Gasteiger partial charge in [-0.15, -0.1) is 0 Å². The summed E-state index contributed by atoms with van der Waals surface area (Å²) in [4.78, 5) is 5.08. The molecule has 2 atom stereocenters. The van der Waals surface area contributed by atoms with Crippen molar-refractivity contribution < 1.29 is 37.9 Å². The highest BCUT2D eigenvalue weighted by atomic mass is 16.5. The zero-order valence-electron chi connectivity index (χ0n) is 27.5. The Morgan fingerprint density at radius 3 is 1.39 bits per heavy atom.